The first-order chi connectivity index (χ1) is 18.6. The molecule has 0 spiro atoms. The van der Waals surface area contributed by atoms with E-state index in [-0.39, 0.29) is 6.61 Å². The lowest BCUT2D eigenvalue weighted by Gasteiger charge is -2.19. The normalized spacial score (nSPS) is 12.7. The maximum absolute atomic E-state index is 13.4. The minimum atomic E-state index is -1.00. The fraction of sp³-hybridized carbons (Fsp3) is 0.167. The van der Waals surface area contributed by atoms with Gasteiger partial charge in [0.2, 0.25) is 0 Å². The molecule has 0 saturated heterocycles. The number of nitrogens with zero attached hydrogens (tertiary/aromatic N) is 1. The van der Waals surface area contributed by atoms with Crippen LogP contribution in [-0.4, -0.2) is 17.0 Å². The number of benzene rings is 3. The Hall–Kier alpha value is -4.69. The number of hydrogen-bond acceptors (Lipinski definition) is 6. The van der Waals surface area contributed by atoms with Crippen molar-refractivity contribution in [1.82, 2.24) is 15.6 Å². The first kappa shape index (κ1) is 25.0. The number of rotatable bonds is 9. The molecule has 2 heterocycles. The Morgan fingerprint density at radius 2 is 1.50 bits per heavy atom. The molecule has 0 fully saturated rings. The number of hydrogen-bond donors (Lipinski definition) is 3. The molecule has 8 heteroatoms. The number of ether oxygens (including phenoxy) is 2. The van der Waals surface area contributed by atoms with Crippen molar-refractivity contribution in [3.05, 3.63) is 125 Å². The van der Waals surface area contributed by atoms with Gasteiger partial charge in [-0.2, -0.15) is 0 Å². The van der Waals surface area contributed by atoms with Crippen LogP contribution in [0, 0.1) is 0 Å². The van der Waals surface area contributed by atoms with Gasteiger partial charge in [-0.25, -0.2) is 9.78 Å². The van der Waals surface area contributed by atoms with Crippen LogP contribution in [0.3, 0.4) is 0 Å². The summed E-state index contributed by atoms with van der Waals surface area (Å²) in [5.74, 6) is 0.638. The van der Waals surface area contributed by atoms with Crippen molar-refractivity contribution in [3.63, 3.8) is 0 Å². The number of alkyl carbamates (subject to hydrolysis) is 1. The van der Waals surface area contributed by atoms with Crippen LogP contribution in [-0.2, 0) is 35.8 Å². The second-order valence-corrected chi connectivity index (χ2v) is 8.88. The highest BCUT2D eigenvalue weighted by Crippen LogP contribution is 2.22. The Labute approximate surface area is 221 Å². The average molecular weight is 509 g/mol. The van der Waals surface area contributed by atoms with Crippen molar-refractivity contribution in [2.75, 3.05) is 5.32 Å². The molecule has 0 saturated carbocycles. The van der Waals surface area contributed by atoms with Gasteiger partial charge in [0.05, 0.1) is 5.69 Å². The molecule has 1 aliphatic heterocycles. The van der Waals surface area contributed by atoms with Crippen molar-refractivity contribution >= 4 is 17.8 Å². The summed E-state index contributed by atoms with van der Waals surface area (Å²) in [4.78, 5) is 30.6. The third kappa shape index (κ3) is 6.54. The second-order valence-electron chi connectivity index (χ2n) is 8.88. The summed E-state index contributed by atoms with van der Waals surface area (Å²) in [5, 5.41) is 8.77. The molecule has 8 nitrogen and oxygen atoms in total. The van der Waals surface area contributed by atoms with Gasteiger partial charge in [-0.15, -0.1) is 0 Å². The predicted octanol–water partition coefficient (Wildman–Crippen LogP) is 4.87. The molecule has 2 amide bonds. The van der Waals surface area contributed by atoms with E-state index in [1.165, 1.54) is 0 Å². The molecule has 0 radical (unpaired) electrons. The molecule has 0 aliphatic carbocycles. The number of aromatic nitrogens is 1. The summed E-state index contributed by atoms with van der Waals surface area (Å²) in [6.45, 7) is 1.92. The Morgan fingerprint density at radius 1 is 0.816 bits per heavy atom. The van der Waals surface area contributed by atoms with E-state index in [0.29, 0.717) is 30.3 Å². The Balaban J connectivity index is 1.29. The van der Waals surface area contributed by atoms with E-state index < -0.39 is 18.0 Å². The van der Waals surface area contributed by atoms with Crippen molar-refractivity contribution < 1.29 is 19.1 Å². The summed E-state index contributed by atoms with van der Waals surface area (Å²) in [5.41, 5.74) is 4.48. The molecule has 3 aromatic carbocycles. The van der Waals surface area contributed by atoms with Crippen LogP contribution in [0.25, 0.3) is 0 Å². The Morgan fingerprint density at radius 3 is 2.21 bits per heavy atom. The number of carbonyl (C=O) groups is 2. The SMILES string of the molecule is O=C(N[C@@H](C(=O)Nc1ccc2c(n1)CNC2)c1ccc(OCc2ccccc2)cc1)OCc1ccccc1. The number of carbonyl (C=O) groups excluding carboxylic acids is 2. The Bertz CT molecular complexity index is 1380. The van der Waals surface area contributed by atoms with E-state index in [2.05, 4.69) is 20.9 Å². The zero-order valence-electron chi connectivity index (χ0n) is 20.7. The smallest absolute Gasteiger partial charge is 0.408 e. The number of nitrogens with one attached hydrogen (secondary N) is 3. The summed E-state index contributed by atoms with van der Waals surface area (Å²) < 4.78 is 11.2. The van der Waals surface area contributed by atoms with Gasteiger partial charge in [0.1, 0.15) is 30.8 Å². The summed E-state index contributed by atoms with van der Waals surface area (Å²) in [6, 6.07) is 28.9. The second kappa shape index (κ2) is 12.0. The summed E-state index contributed by atoms with van der Waals surface area (Å²) in [7, 11) is 0. The van der Waals surface area contributed by atoms with Crippen molar-refractivity contribution in [2.24, 2.45) is 0 Å². The molecule has 1 aromatic heterocycles. The highest BCUT2D eigenvalue weighted by Gasteiger charge is 2.25. The van der Waals surface area contributed by atoms with Gasteiger partial charge in [-0.05, 0) is 40.5 Å². The molecule has 0 unspecified atom stereocenters. The molecule has 192 valence electrons. The highest BCUT2D eigenvalue weighted by molar-refractivity contribution is 5.96. The van der Waals surface area contributed by atoms with Crippen LogP contribution >= 0.6 is 0 Å². The quantitative estimate of drug-likeness (QED) is 0.298. The summed E-state index contributed by atoms with van der Waals surface area (Å²) in [6.07, 6.45) is -0.704. The topological polar surface area (TPSA) is 102 Å². The van der Waals surface area contributed by atoms with E-state index in [1.807, 2.05) is 66.7 Å². The maximum Gasteiger partial charge on any atom is 0.408 e. The lowest BCUT2D eigenvalue weighted by Crippen LogP contribution is -2.37. The van der Waals surface area contributed by atoms with Gasteiger partial charge in [0, 0.05) is 13.1 Å². The molecule has 0 bridgehead atoms. The van der Waals surface area contributed by atoms with Crippen molar-refractivity contribution in [2.45, 2.75) is 32.3 Å². The lowest BCUT2D eigenvalue weighted by molar-refractivity contribution is -0.118. The first-order valence-corrected chi connectivity index (χ1v) is 12.4. The monoisotopic (exact) mass is 508 g/mol. The molecule has 38 heavy (non-hydrogen) atoms. The predicted molar refractivity (Wildman–Crippen MR) is 143 cm³/mol. The van der Waals surface area contributed by atoms with Crippen LogP contribution in [0.15, 0.2) is 97.1 Å². The largest absolute Gasteiger partial charge is 0.489 e. The van der Waals surface area contributed by atoms with Gasteiger partial charge >= 0.3 is 6.09 Å². The number of pyridine rings is 1. The molecule has 4 aromatic rings. The maximum atomic E-state index is 13.4. The molecular weight excluding hydrogens is 480 g/mol. The number of anilines is 1. The van der Waals surface area contributed by atoms with E-state index in [4.69, 9.17) is 9.47 Å². The number of amides is 2. The molecule has 1 aliphatic rings. The van der Waals surface area contributed by atoms with E-state index in [9.17, 15) is 9.59 Å². The molecule has 1 atom stereocenters. The molecule has 5 rings (SSSR count). The van der Waals surface area contributed by atoms with Crippen molar-refractivity contribution in [1.29, 1.82) is 0 Å². The Kier molecular flexibility index (Phi) is 7.91. The van der Waals surface area contributed by atoms with E-state index in [0.717, 1.165) is 28.9 Å². The standard InChI is InChI=1S/C30H28N4O4/c35-29(33-27-16-13-24-17-31-18-26(24)32-27)28(34-30(36)38-20-22-9-5-2-6-10-22)23-11-14-25(15-12-23)37-19-21-7-3-1-4-8-21/h1-16,28,31H,17-20H2,(H,34,36)(H,32,33,35)/t28-/m1/s1. The molecular formula is C30H28N4O4. The van der Waals surface area contributed by atoms with Gasteiger partial charge in [-0.3, -0.25) is 4.79 Å². The van der Waals surface area contributed by atoms with Gasteiger partial charge in [-0.1, -0.05) is 78.9 Å². The van der Waals surface area contributed by atoms with Gasteiger partial charge in [0.25, 0.3) is 5.91 Å². The van der Waals surface area contributed by atoms with E-state index >= 15 is 0 Å². The lowest BCUT2D eigenvalue weighted by atomic mass is 10.1. The van der Waals surface area contributed by atoms with Crippen LogP contribution in [0.4, 0.5) is 10.6 Å². The van der Waals surface area contributed by atoms with Gasteiger partial charge in [0.15, 0.2) is 0 Å². The van der Waals surface area contributed by atoms with Crippen LogP contribution < -0.4 is 20.7 Å². The molecule has 3 N–H and O–H groups in total. The zero-order chi connectivity index (χ0) is 26.2. The fourth-order valence-corrected chi connectivity index (χ4v) is 4.11. The highest BCUT2D eigenvalue weighted by atomic mass is 16.5. The van der Waals surface area contributed by atoms with Crippen LogP contribution in [0.1, 0.15) is 34.0 Å². The zero-order valence-corrected chi connectivity index (χ0v) is 20.7. The third-order valence-electron chi connectivity index (χ3n) is 6.13. The third-order valence-corrected chi connectivity index (χ3v) is 6.13. The summed E-state index contributed by atoms with van der Waals surface area (Å²) >= 11 is 0. The minimum absolute atomic E-state index is 0.0899. The van der Waals surface area contributed by atoms with Gasteiger partial charge < -0.3 is 25.4 Å². The fourth-order valence-electron chi connectivity index (χ4n) is 4.11. The van der Waals surface area contributed by atoms with Crippen molar-refractivity contribution in [3.8, 4) is 5.75 Å². The van der Waals surface area contributed by atoms with Crippen LogP contribution in [0.2, 0.25) is 0 Å². The first-order valence-electron chi connectivity index (χ1n) is 12.4. The van der Waals surface area contributed by atoms with Crippen LogP contribution in [0.5, 0.6) is 5.75 Å². The number of fused-ring (bicyclic) bond motifs is 1. The van der Waals surface area contributed by atoms with E-state index in [1.54, 1.807) is 30.3 Å². The minimum Gasteiger partial charge on any atom is -0.489 e. The average Bonchev–Trinajstić information content (AvgIpc) is 3.43.